The van der Waals surface area contributed by atoms with Crippen LogP contribution in [0.2, 0.25) is 0 Å². The van der Waals surface area contributed by atoms with Crippen molar-refractivity contribution in [1.82, 2.24) is 0 Å². The molecule has 0 aromatic rings. The van der Waals surface area contributed by atoms with E-state index in [9.17, 15) is 19.5 Å². The fourth-order valence-electron chi connectivity index (χ4n) is 8.60. The number of esters is 2. The highest BCUT2D eigenvalue weighted by Gasteiger charge is 2.83. The number of ketones is 1. The average molecular weight is 405 g/mol. The van der Waals surface area contributed by atoms with Gasteiger partial charge in [-0.1, -0.05) is 6.92 Å². The molecule has 6 heteroatoms. The Balaban J connectivity index is 1.52. The van der Waals surface area contributed by atoms with Crippen molar-refractivity contribution in [3.63, 3.8) is 0 Å². The molecule has 29 heavy (non-hydrogen) atoms. The molecule has 5 saturated carbocycles. The molecule has 0 unspecified atom stereocenters. The monoisotopic (exact) mass is 404 g/mol. The Hall–Kier alpha value is -1.43. The van der Waals surface area contributed by atoms with Gasteiger partial charge in [0.2, 0.25) is 0 Å². The molecule has 0 radical (unpaired) electrons. The van der Waals surface area contributed by atoms with Gasteiger partial charge in [-0.25, -0.2) is 0 Å². The van der Waals surface area contributed by atoms with Gasteiger partial charge in [-0.2, -0.15) is 0 Å². The number of hydrogen-bond donors (Lipinski definition) is 1. The highest BCUT2D eigenvalue weighted by atomic mass is 16.6. The molecule has 1 N–H and O–H groups in total. The fourth-order valence-corrected chi connectivity index (χ4v) is 8.60. The molecule has 5 aliphatic rings. The number of carbonyl (C=O) groups excluding carboxylic acids is 3. The number of aliphatic hydroxyl groups is 1. The van der Waals surface area contributed by atoms with E-state index in [2.05, 4.69) is 6.92 Å². The summed E-state index contributed by atoms with van der Waals surface area (Å²) in [4.78, 5) is 36.2. The van der Waals surface area contributed by atoms with Crippen LogP contribution in [0.4, 0.5) is 0 Å². The van der Waals surface area contributed by atoms with Crippen molar-refractivity contribution in [1.29, 1.82) is 0 Å². The minimum Gasteiger partial charge on any atom is -0.462 e. The third kappa shape index (κ3) is 2.41. The molecule has 0 aliphatic heterocycles. The first-order valence-electron chi connectivity index (χ1n) is 11.2. The van der Waals surface area contributed by atoms with Crippen molar-refractivity contribution >= 4 is 17.7 Å². The summed E-state index contributed by atoms with van der Waals surface area (Å²) in [5, 5.41) is 11.3. The van der Waals surface area contributed by atoms with Crippen molar-refractivity contribution in [3.05, 3.63) is 0 Å². The van der Waals surface area contributed by atoms with Crippen molar-refractivity contribution in [2.45, 2.75) is 90.4 Å². The summed E-state index contributed by atoms with van der Waals surface area (Å²) in [7, 11) is 0. The minimum absolute atomic E-state index is 0.232. The van der Waals surface area contributed by atoms with Gasteiger partial charge in [0.15, 0.2) is 0 Å². The Labute approximate surface area is 171 Å². The highest BCUT2D eigenvalue weighted by molar-refractivity contribution is 5.87. The summed E-state index contributed by atoms with van der Waals surface area (Å²) in [5.41, 5.74) is -0.814. The van der Waals surface area contributed by atoms with Crippen LogP contribution in [0, 0.1) is 34.0 Å². The summed E-state index contributed by atoms with van der Waals surface area (Å²) >= 11 is 0. The number of carbonyl (C=O) groups is 3. The van der Waals surface area contributed by atoms with Crippen molar-refractivity contribution < 1.29 is 29.0 Å². The van der Waals surface area contributed by atoms with E-state index in [1.54, 1.807) is 0 Å². The molecule has 0 heterocycles. The number of ether oxygens (including phenoxy) is 2. The topological polar surface area (TPSA) is 89.9 Å². The largest absolute Gasteiger partial charge is 0.462 e. The average Bonchev–Trinajstić information content (AvgIpc) is 3.23. The van der Waals surface area contributed by atoms with E-state index in [0.29, 0.717) is 49.2 Å². The Kier molecular flexibility index (Phi) is 4.08. The van der Waals surface area contributed by atoms with Crippen LogP contribution < -0.4 is 0 Å². The van der Waals surface area contributed by atoms with Crippen LogP contribution in [0.3, 0.4) is 0 Å². The van der Waals surface area contributed by atoms with Crippen molar-refractivity contribution in [2.75, 3.05) is 0 Å². The van der Waals surface area contributed by atoms with Crippen LogP contribution in [-0.4, -0.2) is 41.1 Å². The van der Waals surface area contributed by atoms with Gasteiger partial charge in [0.25, 0.3) is 0 Å². The molecule has 160 valence electrons. The lowest BCUT2D eigenvalue weighted by Gasteiger charge is -2.57. The zero-order valence-corrected chi connectivity index (χ0v) is 17.6. The van der Waals surface area contributed by atoms with Crippen LogP contribution in [0.1, 0.15) is 72.1 Å². The van der Waals surface area contributed by atoms with Gasteiger partial charge < -0.3 is 14.6 Å². The molecule has 0 saturated heterocycles. The second-order valence-electron chi connectivity index (χ2n) is 10.7. The summed E-state index contributed by atoms with van der Waals surface area (Å²) < 4.78 is 11.4. The Bertz CT molecular complexity index is 777. The van der Waals surface area contributed by atoms with Gasteiger partial charge >= 0.3 is 11.9 Å². The zero-order valence-electron chi connectivity index (χ0n) is 17.6. The molecule has 5 rings (SSSR count). The Morgan fingerprint density at radius 1 is 1.07 bits per heavy atom. The molecule has 5 fully saturated rings. The number of fused-ring (bicyclic) bond motifs is 3. The maximum atomic E-state index is 12.6. The van der Waals surface area contributed by atoms with Gasteiger partial charge in [-0.15, -0.1) is 0 Å². The normalized spacial score (nSPS) is 52.5. The van der Waals surface area contributed by atoms with Gasteiger partial charge in [0.05, 0.1) is 6.10 Å². The molecular weight excluding hydrogens is 372 g/mol. The summed E-state index contributed by atoms with van der Waals surface area (Å²) in [6.45, 7) is 4.96. The summed E-state index contributed by atoms with van der Waals surface area (Å²) in [6.07, 6.45) is 4.96. The van der Waals surface area contributed by atoms with E-state index in [0.717, 1.165) is 25.7 Å². The van der Waals surface area contributed by atoms with Crippen molar-refractivity contribution in [3.8, 4) is 0 Å². The standard InChI is InChI=1S/C23H32O6/c1-12(24)28-14-8-20(29-13(2)25)23-11-22(23,10-14)19(27)9-15-16-4-5-18(26)21(16,3)7-6-17(15)23/h14-17,19-20,27H,4-11H2,1-3H3/t14-,15-,16-,17-,19+,20-,21-,22+,23-/m0/s1. The van der Waals surface area contributed by atoms with Gasteiger partial charge in [-0.3, -0.25) is 14.4 Å². The van der Waals surface area contributed by atoms with Crippen LogP contribution in [0.15, 0.2) is 0 Å². The van der Waals surface area contributed by atoms with E-state index in [-0.39, 0.29) is 40.4 Å². The second-order valence-corrected chi connectivity index (χ2v) is 10.7. The number of hydrogen-bond acceptors (Lipinski definition) is 6. The lowest BCUT2D eigenvalue weighted by molar-refractivity contribution is -0.191. The van der Waals surface area contributed by atoms with Crippen LogP contribution >= 0.6 is 0 Å². The van der Waals surface area contributed by atoms with Gasteiger partial charge in [0.1, 0.15) is 18.0 Å². The number of Topliss-reactive ketones (excluding diaryl/α,β-unsaturated/α-hetero) is 1. The lowest BCUT2D eigenvalue weighted by atomic mass is 9.49. The molecule has 0 spiro atoms. The fraction of sp³-hybridized carbons (Fsp3) is 0.870. The number of rotatable bonds is 2. The maximum Gasteiger partial charge on any atom is 0.302 e. The number of aliphatic hydroxyl groups excluding tert-OH is 1. The third-order valence-corrected chi connectivity index (χ3v) is 9.64. The predicted molar refractivity (Wildman–Crippen MR) is 103 cm³/mol. The van der Waals surface area contributed by atoms with E-state index in [4.69, 9.17) is 9.47 Å². The molecule has 0 aromatic heterocycles. The van der Waals surface area contributed by atoms with Gasteiger partial charge in [-0.05, 0) is 56.3 Å². The van der Waals surface area contributed by atoms with Crippen molar-refractivity contribution in [2.24, 2.45) is 34.0 Å². The van der Waals surface area contributed by atoms with Crippen LogP contribution in [-0.2, 0) is 23.9 Å². The molecule has 0 bridgehead atoms. The quantitative estimate of drug-likeness (QED) is 0.712. The predicted octanol–water partition coefficient (Wildman–Crippen LogP) is 2.80. The smallest absolute Gasteiger partial charge is 0.302 e. The van der Waals surface area contributed by atoms with Gasteiger partial charge in [0, 0.05) is 42.9 Å². The molecule has 0 aromatic carbocycles. The SMILES string of the molecule is CC(=O)O[C@H]1C[C@H](OC(C)=O)[C@@]23C[C@]2(C1)[C@H](O)C[C@@H]1[C@@H]3CC[C@]2(C)C(=O)CC[C@@H]12. The Morgan fingerprint density at radius 3 is 2.48 bits per heavy atom. The van der Waals surface area contributed by atoms with E-state index < -0.39 is 6.10 Å². The first kappa shape index (κ1) is 19.5. The van der Waals surface area contributed by atoms with Crippen LogP contribution in [0.5, 0.6) is 0 Å². The minimum atomic E-state index is -0.502. The maximum absolute atomic E-state index is 12.6. The van der Waals surface area contributed by atoms with Crippen LogP contribution in [0.25, 0.3) is 0 Å². The summed E-state index contributed by atoms with van der Waals surface area (Å²) in [5.74, 6) is 0.715. The first-order chi connectivity index (χ1) is 13.6. The Morgan fingerprint density at radius 2 is 1.79 bits per heavy atom. The second kappa shape index (κ2) is 6.05. The molecule has 5 aliphatic carbocycles. The first-order valence-corrected chi connectivity index (χ1v) is 11.2. The summed E-state index contributed by atoms with van der Waals surface area (Å²) in [6, 6.07) is 0. The molecular formula is C23H32O6. The molecule has 9 atom stereocenters. The molecule has 6 nitrogen and oxygen atoms in total. The zero-order chi connectivity index (χ0) is 20.8. The third-order valence-electron chi connectivity index (χ3n) is 9.64. The van der Waals surface area contributed by atoms with E-state index in [1.807, 2.05) is 0 Å². The van der Waals surface area contributed by atoms with E-state index >= 15 is 0 Å². The lowest BCUT2D eigenvalue weighted by Crippen LogP contribution is -2.58. The molecule has 0 amide bonds. The van der Waals surface area contributed by atoms with E-state index in [1.165, 1.54) is 13.8 Å². The highest BCUT2D eigenvalue weighted by Crippen LogP contribution is 2.83.